The van der Waals surface area contributed by atoms with Gasteiger partial charge in [0.05, 0.1) is 28.7 Å². The normalized spacial score (nSPS) is 11.6. The number of carbonyl (C=O) groups is 1. The van der Waals surface area contributed by atoms with Crippen LogP contribution in [-0.4, -0.2) is 20.7 Å². The largest absolute Gasteiger partial charge is 0.434 e. The van der Waals surface area contributed by atoms with Crippen molar-refractivity contribution in [2.24, 2.45) is 0 Å². The van der Waals surface area contributed by atoms with Crippen molar-refractivity contribution in [1.29, 1.82) is 0 Å². The number of halogens is 4. The topological polar surface area (TPSA) is 59.8 Å². The predicted octanol–water partition coefficient (Wildman–Crippen LogP) is 5.35. The van der Waals surface area contributed by atoms with Gasteiger partial charge in [-0.25, -0.2) is 4.68 Å². The third kappa shape index (κ3) is 3.66. The molecule has 5 nitrogen and oxygen atoms in total. The molecule has 29 heavy (non-hydrogen) atoms. The fourth-order valence-electron chi connectivity index (χ4n) is 2.97. The van der Waals surface area contributed by atoms with E-state index in [1.165, 1.54) is 24.3 Å². The Morgan fingerprint density at radius 2 is 1.79 bits per heavy atom. The first kappa shape index (κ1) is 18.9. The molecule has 0 spiro atoms. The molecule has 4 rings (SSSR count). The van der Waals surface area contributed by atoms with Gasteiger partial charge in [-0.1, -0.05) is 17.7 Å². The standard InChI is InChI=1S/C20H12ClF3N4O/c21-12-6-8-13(9-7-12)28-18(20(22,23)24)15(11-26-28)19(29)27-17-5-1-4-16-14(17)3-2-10-25-16/h1-11H,(H,27,29). The molecule has 0 bridgehead atoms. The number of amides is 1. The molecule has 0 radical (unpaired) electrons. The number of fused-ring (bicyclic) bond motifs is 1. The summed E-state index contributed by atoms with van der Waals surface area (Å²) in [5.41, 5.74) is -0.662. The molecule has 0 aliphatic heterocycles. The molecule has 2 aromatic heterocycles. The molecule has 0 fully saturated rings. The van der Waals surface area contributed by atoms with E-state index in [0.717, 1.165) is 6.20 Å². The van der Waals surface area contributed by atoms with Crippen LogP contribution in [0.25, 0.3) is 16.6 Å². The van der Waals surface area contributed by atoms with E-state index >= 15 is 0 Å². The minimum atomic E-state index is -4.80. The Bertz CT molecular complexity index is 1200. The van der Waals surface area contributed by atoms with Gasteiger partial charge in [0.1, 0.15) is 0 Å². The molecule has 2 aromatic carbocycles. The maximum absolute atomic E-state index is 13.8. The van der Waals surface area contributed by atoms with Crippen LogP contribution in [0.3, 0.4) is 0 Å². The molecular formula is C20H12ClF3N4O. The Morgan fingerprint density at radius 3 is 2.52 bits per heavy atom. The lowest BCUT2D eigenvalue weighted by Crippen LogP contribution is -2.20. The van der Waals surface area contributed by atoms with Crippen molar-refractivity contribution in [1.82, 2.24) is 14.8 Å². The lowest BCUT2D eigenvalue weighted by Gasteiger charge is -2.13. The number of benzene rings is 2. The van der Waals surface area contributed by atoms with Crippen LogP contribution in [0.2, 0.25) is 5.02 Å². The highest BCUT2D eigenvalue weighted by Gasteiger charge is 2.40. The number of aromatic nitrogens is 3. The Labute approximate surface area is 167 Å². The van der Waals surface area contributed by atoms with Gasteiger partial charge >= 0.3 is 6.18 Å². The highest BCUT2D eigenvalue weighted by molar-refractivity contribution is 6.30. The molecule has 0 aliphatic rings. The molecule has 0 saturated heterocycles. The first-order valence-corrected chi connectivity index (χ1v) is 8.78. The summed E-state index contributed by atoms with van der Waals surface area (Å²) in [6.07, 6.45) is -2.31. The van der Waals surface area contributed by atoms with Crippen molar-refractivity contribution in [2.75, 3.05) is 5.32 Å². The van der Waals surface area contributed by atoms with Crippen LogP contribution in [0.5, 0.6) is 0 Å². The van der Waals surface area contributed by atoms with Gasteiger partial charge in [0, 0.05) is 16.6 Å². The number of pyridine rings is 1. The van der Waals surface area contributed by atoms with E-state index in [1.807, 2.05) is 0 Å². The first-order valence-electron chi connectivity index (χ1n) is 8.41. The fraction of sp³-hybridized carbons (Fsp3) is 0.0500. The van der Waals surface area contributed by atoms with Gasteiger partial charge in [-0.2, -0.15) is 18.3 Å². The second kappa shape index (κ2) is 7.21. The lowest BCUT2D eigenvalue weighted by molar-refractivity contribution is -0.143. The average Bonchev–Trinajstić information content (AvgIpc) is 3.15. The zero-order chi connectivity index (χ0) is 20.6. The Balaban J connectivity index is 1.76. The second-order valence-electron chi connectivity index (χ2n) is 6.12. The zero-order valence-corrected chi connectivity index (χ0v) is 15.4. The van der Waals surface area contributed by atoms with Gasteiger partial charge in [0.25, 0.3) is 5.91 Å². The number of rotatable bonds is 3. The van der Waals surface area contributed by atoms with Crippen LogP contribution in [-0.2, 0) is 6.18 Å². The van der Waals surface area contributed by atoms with E-state index < -0.39 is 23.3 Å². The summed E-state index contributed by atoms with van der Waals surface area (Å²) >= 11 is 5.80. The van der Waals surface area contributed by atoms with E-state index in [0.29, 0.717) is 26.3 Å². The SMILES string of the molecule is O=C(Nc1cccc2ncccc12)c1cnn(-c2ccc(Cl)cc2)c1C(F)(F)F. The minimum Gasteiger partial charge on any atom is -0.321 e. The number of alkyl halides is 3. The summed E-state index contributed by atoms with van der Waals surface area (Å²) in [5, 5.41) is 7.31. The van der Waals surface area contributed by atoms with Crippen LogP contribution in [0, 0.1) is 0 Å². The van der Waals surface area contributed by atoms with Crippen molar-refractivity contribution >= 4 is 34.1 Å². The maximum atomic E-state index is 13.8. The monoisotopic (exact) mass is 416 g/mol. The first-order chi connectivity index (χ1) is 13.8. The summed E-state index contributed by atoms with van der Waals surface area (Å²) in [6.45, 7) is 0. The van der Waals surface area contributed by atoms with E-state index in [9.17, 15) is 18.0 Å². The molecule has 146 valence electrons. The highest BCUT2D eigenvalue weighted by Crippen LogP contribution is 2.34. The number of hydrogen-bond acceptors (Lipinski definition) is 3. The van der Waals surface area contributed by atoms with Gasteiger partial charge < -0.3 is 5.32 Å². The summed E-state index contributed by atoms with van der Waals surface area (Å²) in [6, 6.07) is 14.1. The molecule has 0 unspecified atom stereocenters. The van der Waals surface area contributed by atoms with E-state index in [-0.39, 0.29) is 5.69 Å². The maximum Gasteiger partial charge on any atom is 0.434 e. The Hall–Kier alpha value is -3.39. The van der Waals surface area contributed by atoms with Gasteiger partial charge in [0.15, 0.2) is 5.69 Å². The van der Waals surface area contributed by atoms with Crippen LogP contribution < -0.4 is 5.32 Å². The number of hydrogen-bond donors (Lipinski definition) is 1. The van der Waals surface area contributed by atoms with Crippen LogP contribution in [0.4, 0.5) is 18.9 Å². The molecule has 0 aliphatic carbocycles. The second-order valence-corrected chi connectivity index (χ2v) is 6.56. The third-order valence-electron chi connectivity index (χ3n) is 4.25. The summed E-state index contributed by atoms with van der Waals surface area (Å²) in [5.74, 6) is -0.922. The molecule has 1 N–H and O–H groups in total. The van der Waals surface area contributed by atoms with Gasteiger partial charge in [-0.3, -0.25) is 9.78 Å². The Kier molecular flexibility index (Phi) is 4.71. The summed E-state index contributed by atoms with van der Waals surface area (Å²) in [7, 11) is 0. The minimum absolute atomic E-state index is 0.134. The van der Waals surface area contributed by atoms with E-state index in [1.54, 1.807) is 36.5 Å². The van der Waals surface area contributed by atoms with Crippen molar-refractivity contribution < 1.29 is 18.0 Å². The van der Waals surface area contributed by atoms with Crippen LogP contribution in [0.15, 0.2) is 67.0 Å². The van der Waals surface area contributed by atoms with Crippen LogP contribution >= 0.6 is 11.6 Å². The smallest absolute Gasteiger partial charge is 0.321 e. The summed E-state index contributed by atoms with van der Waals surface area (Å²) in [4.78, 5) is 16.9. The summed E-state index contributed by atoms with van der Waals surface area (Å²) < 4.78 is 42.0. The van der Waals surface area contributed by atoms with Crippen LogP contribution in [0.1, 0.15) is 16.1 Å². The molecular weight excluding hydrogens is 405 g/mol. The highest BCUT2D eigenvalue weighted by atomic mass is 35.5. The molecule has 2 heterocycles. The fourth-order valence-corrected chi connectivity index (χ4v) is 3.09. The molecule has 0 atom stereocenters. The number of nitrogens with one attached hydrogen (secondary N) is 1. The van der Waals surface area contributed by atoms with E-state index in [4.69, 9.17) is 11.6 Å². The van der Waals surface area contributed by atoms with Crippen molar-refractivity contribution in [2.45, 2.75) is 6.18 Å². The van der Waals surface area contributed by atoms with E-state index in [2.05, 4.69) is 15.4 Å². The number of carbonyl (C=O) groups excluding carboxylic acids is 1. The quantitative estimate of drug-likeness (QED) is 0.490. The predicted molar refractivity (Wildman–Crippen MR) is 103 cm³/mol. The third-order valence-corrected chi connectivity index (χ3v) is 4.50. The number of nitrogens with zero attached hydrogens (tertiary/aromatic N) is 3. The molecule has 4 aromatic rings. The van der Waals surface area contributed by atoms with Gasteiger partial charge in [-0.05, 0) is 48.5 Å². The molecule has 1 amide bonds. The van der Waals surface area contributed by atoms with Crippen molar-refractivity contribution in [3.8, 4) is 5.69 Å². The Morgan fingerprint density at radius 1 is 1.03 bits per heavy atom. The number of anilines is 1. The van der Waals surface area contributed by atoms with Gasteiger partial charge in [-0.15, -0.1) is 0 Å². The van der Waals surface area contributed by atoms with Crippen molar-refractivity contribution in [3.05, 3.63) is 83.3 Å². The zero-order valence-electron chi connectivity index (χ0n) is 14.6. The van der Waals surface area contributed by atoms with Crippen molar-refractivity contribution in [3.63, 3.8) is 0 Å². The van der Waals surface area contributed by atoms with Gasteiger partial charge in [0.2, 0.25) is 0 Å². The lowest BCUT2D eigenvalue weighted by atomic mass is 10.1. The average molecular weight is 417 g/mol. The molecule has 9 heteroatoms. The molecule has 0 saturated carbocycles.